The van der Waals surface area contributed by atoms with Crippen LogP contribution in [0.3, 0.4) is 0 Å². The van der Waals surface area contributed by atoms with Gasteiger partial charge in [0, 0.05) is 31.2 Å². The number of halogens is 1. The van der Waals surface area contributed by atoms with E-state index in [-0.39, 0.29) is 18.0 Å². The zero-order chi connectivity index (χ0) is 20.5. The number of amides is 1. The van der Waals surface area contributed by atoms with E-state index in [1.54, 1.807) is 62.2 Å². The van der Waals surface area contributed by atoms with Crippen molar-refractivity contribution in [2.75, 3.05) is 26.2 Å². The number of rotatable bonds is 3. The van der Waals surface area contributed by atoms with Gasteiger partial charge < -0.3 is 4.74 Å². The fraction of sp³-hybridized carbons (Fsp3) is 0.421. The Morgan fingerprint density at radius 2 is 1.64 bits per heavy atom. The fourth-order valence-electron chi connectivity index (χ4n) is 2.97. The van der Waals surface area contributed by atoms with Gasteiger partial charge in [0.05, 0.1) is 4.90 Å². The maximum atomic E-state index is 13.0. The lowest BCUT2D eigenvalue weighted by molar-refractivity contribution is 0.0276. The summed E-state index contributed by atoms with van der Waals surface area (Å²) in [6.45, 7) is 6.66. The molecule has 3 rings (SSSR count). The number of benzene rings is 2. The van der Waals surface area contributed by atoms with E-state index in [1.165, 1.54) is 4.31 Å². The van der Waals surface area contributed by atoms with Crippen molar-refractivity contribution >= 4 is 38.5 Å². The van der Waals surface area contributed by atoms with Crippen molar-refractivity contribution in [1.29, 1.82) is 0 Å². The van der Waals surface area contributed by atoms with Gasteiger partial charge in [-0.25, -0.2) is 18.2 Å². The Morgan fingerprint density at radius 1 is 1.04 bits per heavy atom. The molecule has 0 spiro atoms. The number of ether oxygens (including phenoxy) is 1. The molecule has 2 aromatic rings. The van der Waals surface area contributed by atoms with E-state index in [9.17, 15) is 13.2 Å². The average molecular weight is 426 g/mol. The summed E-state index contributed by atoms with van der Waals surface area (Å²) in [5.74, 6) is 0. The van der Waals surface area contributed by atoms with Crippen LogP contribution in [0.2, 0.25) is 5.02 Å². The molecule has 2 aromatic carbocycles. The summed E-state index contributed by atoms with van der Waals surface area (Å²) in [5.41, 5.74) is 2.07. The Labute approximate surface area is 170 Å². The van der Waals surface area contributed by atoms with E-state index in [0.717, 1.165) is 10.8 Å². The number of hydrogen-bond acceptors (Lipinski definition) is 5. The highest BCUT2D eigenvalue weighted by Crippen LogP contribution is 2.25. The van der Waals surface area contributed by atoms with Gasteiger partial charge in [-0.2, -0.15) is 4.31 Å². The summed E-state index contributed by atoms with van der Waals surface area (Å²) in [5, 5.41) is 3.98. The molecule has 152 valence electrons. The summed E-state index contributed by atoms with van der Waals surface area (Å²) >= 11 is 5.99. The number of piperazine rings is 1. The smallest absolute Gasteiger partial charge is 0.422 e. The van der Waals surface area contributed by atoms with Gasteiger partial charge in [0.2, 0.25) is 10.0 Å². The van der Waals surface area contributed by atoms with E-state index in [1.807, 2.05) is 0 Å². The number of carbonyl (C=O) groups is 1. The van der Waals surface area contributed by atoms with E-state index < -0.39 is 21.7 Å². The molecule has 9 heteroatoms. The molecule has 1 heterocycles. The highest BCUT2D eigenvalue weighted by molar-refractivity contribution is 7.89. The third-order valence-electron chi connectivity index (χ3n) is 4.30. The quantitative estimate of drug-likeness (QED) is 0.816. The monoisotopic (exact) mass is 425 g/mol. The number of nitrogens with one attached hydrogen (secondary N) is 1. The first kappa shape index (κ1) is 20.9. The lowest BCUT2D eigenvalue weighted by Crippen LogP contribution is -2.55. The van der Waals surface area contributed by atoms with Crippen LogP contribution < -0.4 is 5.43 Å². The van der Waals surface area contributed by atoms with Crippen LogP contribution in [0.15, 0.2) is 41.3 Å². The van der Waals surface area contributed by atoms with Crippen LogP contribution in [-0.2, 0) is 14.8 Å². The average Bonchev–Trinajstić information content (AvgIpc) is 2.60. The maximum absolute atomic E-state index is 13.0. The largest absolute Gasteiger partial charge is 0.443 e. The molecule has 1 N–H and O–H groups in total. The maximum Gasteiger partial charge on any atom is 0.422 e. The number of hydrogen-bond donors (Lipinski definition) is 1. The molecule has 1 aliphatic rings. The third-order valence-corrected chi connectivity index (χ3v) is 6.43. The molecule has 1 aliphatic heterocycles. The second-order valence-electron chi connectivity index (χ2n) is 7.66. The van der Waals surface area contributed by atoms with E-state index in [4.69, 9.17) is 16.3 Å². The van der Waals surface area contributed by atoms with Gasteiger partial charge in [0.25, 0.3) is 0 Å². The SMILES string of the molecule is CC(C)(C)OC(=O)NN1CCN(S(=O)(=O)c2ccc3cc(Cl)ccc3c2)CC1. The predicted molar refractivity (Wildman–Crippen MR) is 109 cm³/mol. The predicted octanol–water partition coefficient (Wildman–Crippen LogP) is 3.24. The molecule has 0 radical (unpaired) electrons. The minimum Gasteiger partial charge on any atom is -0.443 e. The zero-order valence-electron chi connectivity index (χ0n) is 16.1. The lowest BCUT2D eigenvalue weighted by Gasteiger charge is -2.34. The van der Waals surface area contributed by atoms with Gasteiger partial charge in [0.15, 0.2) is 0 Å². The summed E-state index contributed by atoms with van der Waals surface area (Å²) < 4.78 is 32.6. The third kappa shape index (κ3) is 4.94. The Morgan fingerprint density at radius 3 is 2.29 bits per heavy atom. The van der Waals surface area contributed by atoms with Crippen LogP contribution in [0.25, 0.3) is 10.8 Å². The first-order valence-corrected chi connectivity index (χ1v) is 10.8. The minimum atomic E-state index is -3.61. The van der Waals surface area contributed by atoms with E-state index in [0.29, 0.717) is 18.1 Å². The van der Waals surface area contributed by atoms with Crippen LogP contribution in [0, 0.1) is 0 Å². The van der Waals surface area contributed by atoms with Gasteiger partial charge in [-0.05, 0) is 55.8 Å². The summed E-state index contributed by atoms with van der Waals surface area (Å²) in [7, 11) is -3.61. The van der Waals surface area contributed by atoms with Crippen molar-refractivity contribution in [3.8, 4) is 0 Å². The van der Waals surface area contributed by atoms with Crippen molar-refractivity contribution in [2.45, 2.75) is 31.3 Å². The van der Waals surface area contributed by atoms with Crippen LogP contribution in [0.5, 0.6) is 0 Å². The normalized spacial score (nSPS) is 16.9. The molecule has 0 bridgehead atoms. The van der Waals surface area contributed by atoms with Crippen LogP contribution >= 0.6 is 11.6 Å². The van der Waals surface area contributed by atoms with Crippen molar-refractivity contribution in [3.63, 3.8) is 0 Å². The van der Waals surface area contributed by atoms with Crippen LogP contribution in [0.4, 0.5) is 4.79 Å². The van der Waals surface area contributed by atoms with Crippen LogP contribution in [-0.4, -0.2) is 55.6 Å². The molecule has 1 saturated heterocycles. The Bertz CT molecular complexity index is 980. The van der Waals surface area contributed by atoms with Crippen molar-refractivity contribution < 1.29 is 17.9 Å². The molecule has 28 heavy (non-hydrogen) atoms. The number of nitrogens with zero attached hydrogens (tertiary/aromatic N) is 2. The number of hydrazine groups is 1. The van der Waals surface area contributed by atoms with E-state index >= 15 is 0 Å². The molecule has 0 atom stereocenters. The first-order chi connectivity index (χ1) is 13.0. The second-order valence-corrected chi connectivity index (χ2v) is 10.0. The van der Waals surface area contributed by atoms with E-state index in [2.05, 4.69) is 5.43 Å². The second kappa shape index (κ2) is 7.87. The topological polar surface area (TPSA) is 79.0 Å². The van der Waals surface area contributed by atoms with Gasteiger partial charge in [-0.3, -0.25) is 5.43 Å². The Hall–Kier alpha value is -1.87. The van der Waals surface area contributed by atoms with Gasteiger partial charge in [-0.15, -0.1) is 0 Å². The van der Waals surface area contributed by atoms with Gasteiger partial charge >= 0.3 is 6.09 Å². The molecular formula is C19H24ClN3O4S. The zero-order valence-corrected chi connectivity index (χ0v) is 17.7. The standard InChI is InChI=1S/C19H24ClN3O4S/c1-19(2,3)27-18(24)21-22-8-10-23(11-9-22)28(25,26)17-7-5-14-12-16(20)6-4-15(14)13-17/h4-7,12-13H,8-11H2,1-3H3,(H,21,24). The Kier molecular flexibility index (Phi) is 5.86. The molecule has 0 saturated carbocycles. The molecule has 0 aliphatic carbocycles. The minimum absolute atomic E-state index is 0.246. The summed E-state index contributed by atoms with van der Waals surface area (Å²) in [6.07, 6.45) is -0.544. The fourth-order valence-corrected chi connectivity index (χ4v) is 4.61. The van der Waals surface area contributed by atoms with Gasteiger partial charge in [-0.1, -0.05) is 23.7 Å². The molecular weight excluding hydrogens is 402 g/mol. The molecule has 0 unspecified atom stereocenters. The Balaban J connectivity index is 1.66. The van der Waals surface area contributed by atoms with Crippen LogP contribution in [0.1, 0.15) is 20.8 Å². The molecule has 7 nitrogen and oxygen atoms in total. The lowest BCUT2D eigenvalue weighted by atomic mass is 10.1. The van der Waals surface area contributed by atoms with Crippen molar-refractivity contribution in [3.05, 3.63) is 41.4 Å². The summed E-state index contributed by atoms with van der Waals surface area (Å²) in [6, 6.07) is 10.4. The number of fused-ring (bicyclic) bond motifs is 1. The van der Waals surface area contributed by atoms with Crippen molar-refractivity contribution in [1.82, 2.24) is 14.7 Å². The first-order valence-electron chi connectivity index (χ1n) is 8.99. The molecule has 0 aromatic heterocycles. The highest BCUT2D eigenvalue weighted by atomic mass is 35.5. The molecule has 1 fully saturated rings. The number of sulfonamides is 1. The van der Waals surface area contributed by atoms with Crippen molar-refractivity contribution in [2.24, 2.45) is 0 Å². The molecule has 1 amide bonds. The van der Waals surface area contributed by atoms with Gasteiger partial charge in [0.1, 0.15) is 5.60 Å². The highest BCUT2D eigenvalue weighted by Gasteiger charge is 2.29. The summed E-state index contributed by atoms with van der Waals surface area (Å²) in [4.78, 5) is 12.1. The number of carbonyl (C=O) groups excluding carboxylic acids is 1.